The molecule has 1 atom stereocenters. The predicted molar refractivity (Wildman–Crippen MR) is 50.5 cm³/mol. The molecule has 0 unspecified atom stereocenters. The van der Waals surface area contributed by atoms with Crippen molar-refractivity contribution in [1.29, 1.82) is 0 Å². The van der Waals surface area contributed by atoms with Gasteiger partial charge in [0, 0.05) is 6.54 Å². The maximum atomic E-state index is 12.1. The normalized spacial score (nSPS) is 13.7. The standard InChI is InChI=1S/C10H12F3NO/c1-7(10(11,12)13)15-9-4-2-8(6-14)3-5-9/h2-5,7H,6,14H2,1H3/t7-/m1/s1. The Morgan fingerprint density at radius 1 is 1.27 bits per heavy atom. The van der Waals surface area contributed by atoms with E-state index < -0.39 is 12.3 Å². The fourth-order valence-corrected chi connectivity index (χ4v) is 0.975. The van der Waals surface area contributed by atoms with Crippen LogP contribution in [0.1, 0.15) is 12.5 Å². The molecule has 0 aliphatic carbocycles. The van der Waals surface area contributed by atoms with Gasteiger partial charge in [0.25, 0.3) is 0 Å². The Hall–Kier alpha value is -1.23. The maximum Gasteiger partial charge on any atom is 0.425 e. The minimum atomic E-state index is -4.34. The molecule has 2 N–H and O–H groups in total. The Balaban J connectivity index is 2.65. The second kappa shape index (κ2) is 4.53. The van der Waals surface area contributed by atoms with E-state index in [0.29, 0.717) is 6.54 Å². The van der Waals surface area contributed by atoms with Crippen molar-refractivity contribution >= 4 is 0 Å². The number of halogens is 3. The van der Waals surface area contributed by atoms with Gasteiger partial charge >= 0.3 is 6.18 Å². The van der Waals surface area contributed by atoms with Crippen LogP contribution in [0, 0.1) is 0 Å². The van der Waals surface area contributed by atoms with Crippen molar-refractivity contribution in [2.45, 2.75) is 25.7 Å². The molecule has 1 rings (SSSR count). The minimum absolute atomic E-state index is 0.192. The first-order chi connectivity index (χ1) is 6.93. The lowest BCUT2D eigenvalue weighted by atomic mass is 10.2. The average Bonchev–Trinajstić information content (AvgIpc) is 2.17. The summed E-state index contributed by atoms with van der Waals surface area (Å²) >= 11 is 0. The zero-order valence-electron chi connectivity index (χ0n) is 8.21. The highest BCUT2D eigenvalue weighted by molar-refractivity contribution is 5.27. The molecule has 0 amide bonds. The monoisotopic (exact) mass is 219 g/mol. The van der Waals surface area contributed by atoms with Gasteiger partial charge in [-0.3, -0.25) is 0 Å². The van der Waals surface area contributed by atoms with Gasteiger partial charge in [0.05, 0.1) is 0 Å². The third-order valence-electron chi connectivity index (χ3n) is 1.93. The molecule has 0 aliphatic rings. The lowest BCUT2D eigenvalue weighted by molar-refractivity contribution is -0.189. The lowest BCUT2D eigenvalue weighted by Gasteiger charge is -2.17. The molecule has 15 heavy (non-hydrogen) atoms. The summed E-state index contributed by atoms with van der Waals surface area (Å²) in [6.07, 6.45) is -6.15. The van der Waals surface area contributed by atoms with Gasteiger partial charge < -0.3 is 10.5 Å². The number of ether oxygens (including phenoxy) is 1. The van der Waals surface area contributed by atoms with Crippen LogP contribution in [0.25, 0.3) is 0 Å². The van der Waals surface area contributed by atoms with Gasteiger partial charge in [0.1, 0.15) is 5.75 Å². The van der Waals surface area contributed by atoms with E-state index in [9.17, 15) is 13.2 Å². The zero-order chi connectivity index (χ0) is 11.5. The van der Waals surface area contributed by atoms with Gasteiger partial charge in [-0.15, -0.1) is 0 Å². The summed E-state index contributed by atoms with van der Waals surface area (Å²) in [6.45, 7) is 1.33. The van der Waals surface area contributed by atoms with Crippen molar-refractivity contribution in [2.24, 2.45) is 5.73 Å². The van der Waals surface area contributed by atoms with Crippen molar-refractivity contribution < 1.29 is 17.9 Å². The molecule has 0 spiro atoms. The first-order valence-corrected chi connectivity index (χ1v) is 4.46. The summed E-state index contributed by atoms with van der Waals surface area (Å²) in [5, 5.41) is 0. The Morgan fingerprint density at radius 3 is 2.20 bits per heavy atom. The third kappa shape index (κ3) is 3.43. The van der Waals surface area contributed by atoms with Crippen LogP contribution in [-0.4, -0.2) is 12.3 Å². The predicted octanol–water partition coefficient (Wildman–Crippen LogP) is 2.47. The molecule has 1 aromatic carbocycles. The fourth-order valence-electron chi connectivity index (χ4n) is 0.975. The van der Waals surface area contributed by atoms with Crippen molar-refractivity contribution in [3.8, 4) is 5.75 Å². The third-order valence-corrected chi connectivity index (χ3v) is 1.93. The van der Waals surface area contributed by atoms with Crippen molar-refractivity contribution in [2.75, 3.05) is 0 Å². The highest BCUT2D eigenvalue weighted by Gasteiger charge is 2.37. The first-order valence-electron chi connectivity index (χ1n) is 4.46. The molecule has 0 saturated heterocycles. The SMILES string of the molecule is C[C@@H](Oc1ccc(CN)cc1)C(F)(F)F. The molecule has 0 bridgehead atoms. The molecule has 84 valence electrons. The lowest BCUT2D eigenvalue weighted by Crippen LogP contribution is -2.31. The fraction of sp³-hybridized carbons (Fsp3) is 0.400. The van der Waals surface area contributed by atoms with Gasteiger partial charge in [0.2, 0.25) is 0 Å². The van der Waals surface area contributed by atoms with Crippen LogP contribution in [0.2, 0.25) is 0 Å². The van der Waals surface area contributed by atoms with E-state index in [1.807, 2.05) is 0 Å². The van der Waals surface area contributed by atoms with Gasteiger partial charge in [-0.05, 0) is 24.6 Å². The number of hydrogen-bond acceptors (Lipinski definition) is 2. The van der Waals surface area contributed by atoms with E-state index in [-0.39, 0.29) is 5.75 Å². The second-order valence-electron chi connectivity index (χ2n) is 3.15. The molecule has 0 radical (unpaired) electrons. The smallest absolute Gasteiger partial charge is 0.425 e. The Morgan fingerprint density at radius 2 is 1.80 bits per heavy atom. The summed E-state index contributed by atoms with van der Waals surface area (Å²) in [5.74, 6) is 0.192. The highest BCUT2D eigenvalue weighted by atomic mass is 19.4. The molecule has 0 fully saturated rings. The van der Waals surface area contributed by atoms with E-state index in [0.717, 1.165) is 12.5 Å². The molecular formula is C10H12F3NO. The second-order valence-corrected chi connectivity index (χ2v) is 3.15. The van der Waals surface area contributed by atoms with Crippen molar-refractivity contribution in [3.05, 3.63) is 29.8 Å². The summed E-state index contributed by atoms with van der Waals surface area (Å²) in [7, 11) is 0. The number of rotatable bonds is 3. The van der Waals surface area contributed by atoms with Crippen LogP contribution in [-0.2, 0) is 6.54 Å². The van der Waals surface area contributed by atoms with Gasteiger partial charge in [-0.25, -0.2) is 0 Å². The topological polar surface area (TPSA) is 35.2 Å². The van der Waals surface area contributed by atoms with Crippen LogP contribution in [0.5, 0.6) is 5.75 Å². The Bertz CT molecular complexity index is 307. The van der Waals surface area contributed by atoms with E-state index in [4.69, 9.17) is 10.5 Å². The van der Waals surface area contributed by atoms with Gasteiger partial charge in [0.15, 0.2) is 6.10 Å². The number of hydrogen-bond donors (Lipinski definition) is 1. The number of alkyl halides is 3. The van der Waals surface area contributed by atoms with Crippen LogP contribution >= 0.6 is 0 Å². The van der Waals surface area contributed by atoms with E-state index in [1.165, 1.54) is 12.1 Å². The number of benzene rings is 1. The number of nitrogens with two attached hydrogens (primary N) is 1. The molecule has 0 aliphatic heterocycles. The van der Waals surface area contributed by atoms with E-state index in [2.05, 4.69) is 0 Å². The van der Waals surface area contributed by atoms with Crippen LogP contribution in [0.4, 0.5) is 13.2 Å². The highest BCUT2D eigenvalue weighted by Crippen LogP contribution is 2.24. The minimum Gasteiger partial charge on any atom is -0.481 e. The summed E-state index contributed by atoms with van der Waals surface area (Å²) in [5.41, 5.74) is 6.20. The molecular weight excluding hydrogens is 207 g/mol. The summed E-state index contributed by atoms with van der Waals surface area (Å²) in [6, 6.07) is 6.23. The van der Waals surface area contributed by atoms with Crippen molar-refractivity contribution in [1.82, 2.24) is 0 Å². The van der Waals surface area contributed by atoms with E-state index >= 15 is 0 Å². The molecule has 2 nitrogen and oxygen atoms in total. The first kappa shape index (κ1) is 11.8. The Labute approximate surface area is 85.8 Å². The van der Waals surface area contributed by atoms with Gasteiger partial charge in [-0.1, -0.05) is 12.1 Å². The van der Waals surface area contributed by atoms with Crippen LogP contribution in [0.3, 0.4) is 0 Å². The summed E-state index contributed by atoms with van der Waals surface area (Å²) < 4.78 is 41.1. The van der Waals surface area contributed by atoms with Crippen LogP contribution < -0.4 is 10.5 Å². The van der Waals surface area contributed by atoms with Crippen LogP contribution in [0.15, 0.2) is 24.3 Å². The zero-order valence-corrected chi connectivity index (χ0v) is 8.21. The maximum absolute atomic E-state index is 12.1. The average molecular weight is 219 g/mol. The van der Waals surface area contributed by atoms with Crippen molar-refractivity contribution in [3.63, 3.8) is 0 Å². The molecule has 0 heterocycles. The summed E-state index contributed by atoms with van der Waals surface area (Å²) in [4.78, 5) is 0. The molecule has 0 aromatic heterocycles. The largest absolute Gasteiger partial charge is 0.481 e. The Kier molecular flexibility index (Phi) is 3.57. The molecule has 5 heteroatoms. The molecule has 1 aromatic rings. The molecule has 0 saturated carbocycles. The van der Waals surface area contributed by atoms with E-state index in [1.54, 1.807) is 12.1 Å². The quantitative estimate of drug-likeness (QED) is 0.847. The van der Waals surface area contributed by atoms with Gasteiger partial charge in [-0.2, -0.15) is 13.2 Å².